The number of methoxy groups -OCH3 is 1. The van der Waals surface area contributed by atoms with Crippen LogP contribution in [0.5, 0.6) is 5.75 Å². The van der Waals surface area contributed by atoms with Crippen molar-refractivity contribution in [2.75, 3.05) is 7.11 Å². The molecule has 0 spiro atoms. The van der Waals surface area contributed by atoms with Gasteiger partial charge in [-0.1, -0.05) is 24.0 Å². The Labute approximate surface area is 122 Å². The van der Waals surface area contributed by atoms with Gasteiger partial charge in [-0.2, -0.15) is 0 Å². The maximum atomic E-state index is 5.12. The van der Waals surface area contributed by atoms with E-state index in [0.29, 0.717) is 5.92 Å². The van der Waals surface area contributed by atoms with Gasteiger partial charge in [0.1, 0.15) is 5.75 Å². The molecule has 1 aromatic carbocycles. The zero-order valence-corrected chi connectivity index (χ0v) is 12.1. The molecule has 2 rings (SSSR count). The summed E-state index contributed by atoms with van der Waals surface area (Å²) >= 11 is 0. The van der Waals surface area contributed by atoms with E-state index in [1.54, 1.807) is 7.11 Å². The Morgan fingerprint density at radius 3 is 2.35 bits per heavy atom. The first-order valence-electron chi connectivity index (χ1n) is 7.26. The smallest absolute Gasteiger partial charge is 0.118 e. The summed E-state index contributed by atoms with van der Waals surface area (Å²) < 4.78 is 5.12. The maximum absolute atomic E-state index is 5.12. The third kappa shape index (κ3) is 4.31. The molecule has 0 atom stereocenters. The molecule has 20 heavy (non-hydrogen) atoms. The van der Waals surface area contributed by atoms with Gasteiger partial charge in [0.05, 0.1) is 7.11 Å². The predicted molar refractivity (Wildman–Crippen MR) is 84.7 cm³/mol. The van der Waals surface area contributed by atoms with Crippen LogP contribution in [0.2, 0.25) is 0 Å². The van der Waals surface area contributed by atoms with Crippen molar-refractivity contribution in [3.8, 4) is 17.6 Å². The molecular formula is C19H22O. The van der Waals surface area contributed by atoms with Gasteiger partial charge in [0.15, 0.2) is 0 Å². The summed E-state index contributed by atoms with van der Waals surface area (Å²) in [4.78, 5) is 0. The van der Waals surface area contributed by atoms with Crippen molar-refractivity contribution < 1.29 is 4.74 Å². The van der Waals surface area contributed by atoms with Crippen molar-refractivity contribution in [2.45, 2.75) is 25.7 Å². The highest BCUT2D eigenvalue weighted by Crippen LogP contribution is 2.29. The van der Waals surface area contributed by atoms with Crippen LogP contribution >= 0.6 is 0 Å². The second-order valence-corrected chi connectivity index (χ2v) is 5.27. The number of benzene rings is 1. The van der Waals surface area contributed by atoms with E-state index in [1.807, 2.05) is 30.3 Å². The summed E-state index contributed by atoms with van der Waals surface area (Å²) in [6.45, 7) is 3.88. The summed E-state index contributed by atoms with van der Waals surface area (Å²) in [5, 5.41) is 0. The largest absolute Gasteiger partial charge is 0.497 e. The van der Waals surface area contributed by atoms with Crippen molar-refractivity contribution in [3.05, 3.63) is 54.6 Å². The number of ether oxygens (including phenoxy) is 1. The van der Waals surface area contributed by atoms with E-state index in [-0.39, 0.29) is 0 Å². The molecule has 104 valence electrons. The molecule has 1 aliphatic carbocycles. The number of allylic oxidation sites excluding steroid dienone is 3. The van der Waals surface area contributed by atoms with E-state index in [2.05, 4.69) is 30.6 Å². The highest BCUT2D eigenvalue weighted by Gasteiger charge is 2.16. The van der Waals surface area contributed by atoms with E-state index in [9.17, 15) is 0 Å². The zero-order chi connectivity index (χ0) is 14.2. The van der Waals surface area contributed by atoms with Crippen LogP contribution in [0.25, 0.3) is 0 Å². The quantitative estimate of drug-likeness (QED) is 0.574. The van der Waals surface area contributed by atoms with Crippen LogP contribution < -0.4 is 4.74 Å². The Morgan fingerprint density at radius 2 is 1.75 bits per heavy atom. The Morgan fingerprint density at radius 1 is 1.10 bits per heavy atom. The molecule has 0 heterocycles. The highest BCUT2D eigenvalue weighted by molar-refractivity contribution is 5.40. The average Bonchev–Trinajstić information content (AvgIpc) is 2.53. The summed E-state index contributed by atoms with van der Waals surface area (Å²) in [5.41, 5.74) is 1.02. The van der Waals surface area contributed by atoms with Gasteiger partial charge in [-0.05, 0) is 67.9 Å². The van der Waals surface area contributed by atoms with Gasteiger partial charge >= 0.3 is 0 Å². The van der Waals surface area contributed by atoms with Crippen molar-refractivity contribution in [1.29, 1.82) is 0 Å². The summed E-state index contributed by atoms with van der Waals surface area (Å²) in [7, 11) is 1.67. The number of hydrogen-bond acceptors (Lipinski definition) is 1. The van der Waals surface area contributed by atoms with Gasteiger partial charge < -0.3 is 4.74 Å². The van der Waals surface area contributed by atoms with Crippen molar-refractivity contribution in [2.24, 2.45) is 11.8 Å². The lowest BCUT2D eigenvalue weighted by Crippen LogP contribution is -2.10. The van der Waals surface area contributed by atoms with Crippen LogP contribution in [0.1, 0.15) is 31.2 Å². The Bertz CT molecular complexity index is 505. The third-order valence-electron chi connectivity index (χ3n) is 3.91. The molecule has 0 unspecified atom stereocenters. The fourth-order valence-electron chi connectivity index (χ4n) is 2.56. The van der Waals surface area contributed by atoms with Crippen LogP contribution in [-0.4, -0.2) is 7.11 Å². The van der Waals surface area contributed by atoms with E-state index >= 15 is 0 Å². The third-order valence-corrected chi connectivity index (χ3v) is 3.91. The standard InChI is InChI=1S/C19H22O/c1-3-16-8-10-17(11-9-16)6-4-5-7-18-12-14-19(20-2)15-13-18/h3-4,6,12-17H,1,8-11H2,2H3/b6-4+/t16-,17-. The molecule has 1 aromatic rings. The highest BCUT2D eigenvalue weighted by atomic mass is 16.5. The Kier molecular flexibility index (Phi) is 5.50. The predicted octanol–water partition coefficient (Wildman–Crippen LogP) is 4.60. The lowest BCUT2D eigenvalue weighted by molar-refractivity contribution is 0.357. The Balaban J connectivity index is 1.84. The van der Waals surface area contributed by atoms with Gasteiger partial charge in [-0.15, -0.1) is 6.58 Å². The fraction of sp³-hybridized carbons (Fsp3) is 0.368. The molecule has 0 radical (unpaired) electrons. The van der Waals surface area contributed by atoms with Crippen molar-refractivity contribution >= 4 is 0 Å². The first-order chi connectivity index (χ1) is 9.81. The second-order valence-electron chi connectivity index (χ2n) is 5.27. The minimum absolute atomic E-state index is 0.691. The molecule has 0 bridgehead atoms. The zero-order valence-electron chi connectivity index (χ0n) is 12.1. The van der Waals surface area contributed by atoms with Gasteiger partial charge in [-0.3, -0.25) is 0 Å². The van der Waals surface area contributed by atoms with Crippen LogP contribution in [-0.2, 0) is 0 Å². The summed E-state index contributed by atoms with van der Waals surface area (Å²) in [5.74, 6) is 8.55. The van der Waals surface area contributed by atoms with Gasteiger partial charge in [-0.25, -0.2) is 0 Å². The van der Waals surface area contributed by atoms with E-state index < -0.39 is 0 Å². The SMILES string of the molecule is C=C[C@H]1CC[C@H](/C=C/C#Cc2ccc(OC)cc2)CC1. The van der Waals surface area contributed by atoms with Crippen LogP contribution in [0.4, 0.5) is 0 Å². The lowest BCUT2D eigenvalue weighted by Gasteiger charge is -2.23. The summed E-state index contributed by atoms with van der Waals surface area (Å²) in [6, 6.07) is 7.83. The molecule has 1 fully saturated rings. The molecule has 1 nitrogen and oxygen atoms in total. The van der Waals surface area contributed by atoms with Crippen molar-refractivity contribution in [3.63, 3.8) is 0 Å². The first kappa shape index (κ1) is 14.5. The average molecular weight is 266 g/mol. The monoisotopic (exact) mass is 266 g/mol. The minimum atomic E-state index is 0.691. The van der Waals surface area contributed by atoms with Gasteiger partial charge in [0, 0.05) is 5.56 Å². The van der Waals surface area contributed by atoms with E-state index in [0.717, 1.165) is 17.2 Å². The molecule has 1 aliphatic rings. The van der Waals surface area contributed by atoms with E-state index in [1.165, 1.54) is 25.7 Å². The molecule has 0 saturated heterocycles. The van der Waals surface area contributed by atoms with Crippen LogP contribution in [0.3, 0.4) is 0 Å². The normalized spacial score (nSPS) is 22.1. The van der Waals surface area contributed by atoms with E-state index in [4.69, 9.17) is 4.74 Å². The Hall–Kier alpha value is -1.94. The molecule has 1 heteroatoms. The molecular weight excluding hydrogens is 244 g/mol. The second kappa shape index (κ2) is 7.60. The fourth-order valence-corrected chi connectivity index (χ4v) is 2.56. The molecule has 0 N–H and O–H groups in total. The van der Waals surface area contributed by atoms with Crippen molar-refractivity contribution in [1.82, 2.24) is 0 Å². The number of rotatable bonds is 3. The maximum Gasteiger partial charge on any atom is 0.118 e. The van der Waals surface area contributed by atoms with Gasteiger partial charge in [0.25, 0.3) is 0 Å². The lowest BCUT2D eigenvalue weighted by atomic mass is 9.82. The first-order valence-corrected chi connectivity index (χ1v) is 7.26. The molecule has 0 amide bonds. The van der Waals surface area contributed by atoms with Crippen LogP contribution in [0.15, 0.2) is 49.1 Å². The summed E-state index contributed by atoms with van der Waals surface area (Å²) in [6.07, 6.45) is 11.4. The minimum Gasteiger partial charge on any atom is -0.497 e. The number of hydrogen-bond donors (Lipinski definition) is 0. The van der Waals surface area contributed by atoms with Crippen LogP contribution in [0, 0.1) is 23.7 Å². The van der Waals surface area contributed by atoms with Gasteiger partial charge in [0.2, 0.25) is 0 Å². The molecule has 1 saturated carbocycles. The topological polar surface area (TPSA) is 9.23 Å². The molecule has 0 aliphatic heterocycles. The molecule has 0 aromatic heterocycles.